The molecule has 2 N–H and O–H groups in total. The average molecular weight is 237 g/mol. The molecular weight excluding hydrogens is 218 g/mol. The van der Waals surface area contributed by atoms with E-state index in [9.17, 15) is 4.79 Å². The van der Waals surface area contributed by atoms with E-state index in [2.05, 4.69) is 10.2 Å². The zero-order valence-corrected chi connectivity index (χ0v) is 10.2. The molecule has 6 nitrogen and oxygen atoms in total. The monoisotopic (exact) mass is 237 g/mol. The number of aryl methyl sites for hydroxylation is 1. The molecule has 2 rings (SSSR count). The van der Waals surface area contributed by atoms with Gasteiger partial charge in [-0.05, 0) is 12.8 Å². The van der Waals surface area contributed by atoms with Gasteiger partial charge in [0.25, 0.3) is 5.91 Å². The van der Waals surface area contributed by atoms with E-state index in [0.29, 0.717) is 24.8 Å². The first-order valence-corrected chi connectivity index (χ1v) is 6.09. The summed E-state index contributed by atoms with van der Waals surface area (Å²) in [6, 6.07) is 0.327. The smallest absolute Gasteiger partial charge is 0.276 e. The molecule has 0 aliphatic heterocycles. The summed E-state index contributed by atoms with van der Waals surface area (Å²) in [7, 11) is 1.71. The third kappa shape index (κ3) is 2.63. The van der Waals surface area contributed by atoms with Crippen LogP contribution in [0.3, 0.4) is 0 Å². The third-order valence-electron chi connectivity index (χ3n) is 3.22. The Morgan fingerprint density at radius 3 is 2.82 bits per heavy atom. The van der Waals surface area contributed by atoms with Gasteiger partial charge in [0.2, 0.25) is 0 Å². The van der Waals surface area contributed by atoms with E-state index in [0.717, 1.165) is 12.8 Å². The maximum absolute atomic E-state index is 12.3. The lowest BCUT2D eigenvalue weighted by molar-refractivity contribution is 0.0681. The minimum atomic E-state index is -0.0459. The van der Waals surface area contributed by atoms with Crippen molar-refractivity contribution in [1.29, 1.82) is 0 Å². The second-order valence-electron chi connectivity index (χ2n) is 4.44. The van der Waals surface area contributed by atoms with E-state index in [-0.39, 0.29) is 5.91 Å². The van der Waals surface area contributed by atoms with Gasteiger partial charge >= 0.3 is 0 Å². The van der Waals surface area contributed by atoms with E-state index in [1.165, 1.54) is 23.8 Å². The van der Waals surface area contributed by atoms with Gasteiger partial charge in [-0.3, -0.25) is 4.79 Å². The third-order valence-corrected chi connectivity index (χ3v) is 3.22. The Morgan fingerprint density at radius 1 is 1.59 bits per heavy atom. The zero-order valence-electron chi connectivity index (χ0n) is 10.2. The van der Waals surface area contributed by atoms with Crippen molar-refractivity contribution in [2.45, 2.75) is 31.7 Å². The van der Waals surface area contributed by atoms with E-state index in [1.54, 1.807) is 7.05 Å². The fourth-order valence-electron chi connectivity index (χ4n) is 2.40. The summed E-state index contributed by atoms with van der Waals surface area (Å²) in [6.07, 6.45) is 6.05. The predicted octanol–water partition coefficient (Wildman–Crippen LogP) is 0.159. The summed E-state index contributed by atoms with van der Waals surface area (Å²) in [5.74, 6) is -0.0459. The molecule has 1 aliphatic rings. The number of carbonyl (C=O) groups excluding carboxylic acids is 1. The lowest BCUT2D eigenvalue weighted by atomic mass is 10.2. The maximum Gasteiger partial charge on any atom is 0.276 e. The quantitative estimate of drug-likeness (QED) is 0.809. The highest BCUT2D eigenvalue weighted by Gasteiger charge is 2.28. The number of amides is 1. The highest BCUT2D eigenvalue weighted by atomic mass is 16.2. The van der Waals surface area contributed by atoms with Gasteiger partial charge in [-0.2, -0.15) is 9.90 Å². The van der Waals surface area contributed by atoms with E-state index < -0.39 is 0 Å². The largest absolute Gasteiger partial charge is 0.333 e. The Balaban J connectivity index is 2.12. The van der Waals surface area contributed by atoms with Crippen LogP contribution >= 0.6 is 0 Å². The molecule has 1 aromatic heterocycles. The van der Waals surface area contributed by atoms with Crippen molar-refractivity contribution in [2.24, 2.45) is 12.8 Å². The summed E-state index contributed by atoms with van der Waals surface area (Å²) >= 11 is 0. The Kier molecular flexibility index (Phi) is 3.73. The minimum absolute atomic E-state index is 0.0459. The molecule has 94 valence electrons. The van der Waals surface area contributed by atoms with Crippen molar-refractivity contribution in [3.05, 3.63) is 11.9 Å². The average Bonchev–Trinajstić information content (AvgIpc) is 2.95. The first kappa shape index (κ1) is 12.0. The van der Waals surface area contributed by atoms with Gasteiger partial charge < -0.3 is 10.6 Å². The summed E-state index contributed by atoms with van der Waals surface area (Å²) < 4.78 is 0. The van der Waals surface area contributed by atoms with Crippen LogP contribution in [0.1, 0.15) is 36.2 Å². The molecular formula is C11H19N5O. The summed E-state index contributed by atoms with van der Waals surface area (Å²) in [6.45, 7) is 1.09. The second kappa shape index (κ2) is 5.27. The first-order chi connectivity index (χ1) is 8.22. The molecule has 6 heteroatoms. The number of rotatable bonds is 4. The normalized spacial score (nSPS) is 16.4. The molecule has 1 aromatic rings. The van der Waals surface area contributed by atoms with Gasteiger partial charge in [-0.15, -0.1) is 5.10 Å². The molecule has 0 bridgehead atoms. The van der Waals surface area contributed by atoms with Crippen LogP contribution in [0.2, 0.25) is 0 Å². The molecule has 0 radical (unpaired) electrons. The van der Waals surface area contributed by atoms with E-state index in [4.69, 9.17) is 5.73 Å². The fourth-order valence-corrected chi connectivity index (χ4v) is 2.40. The number of nitrogens with two attached hydrogens (primary N) is 1. The molecule has 1 aliphatic carbocycles. The van der Waals surface area contributed by atoms with Crippen LogP contribution in [0.5, 0.6) is 0 Å². The van der Waals surface area contributed by atoms with Gasteiger partial charge in [0.05, 0.1) is 6.20 Å². The van der Waals surface area contributed by atoms with Crippen LogP contribution in [-0.4, -0.2) is 44.9 Å². The fraction of sp³-hybridized carbons (Fsp3) is 0.727. The number of aromatic nitrogens is 3. The highest BCUT2D eigenvalue weighted by Crippen LogP contribution is 2.24. The topological polar surface area (TPSA) is 77.0 Å². The second-order valence-corrected chi connectivity index (χ2v) is 4.44. The molecule has 1 heterocycles. The van der Waals surface area contributed by atoms with Crippen LogP contribution < -0.4 is 5.73 Å². The predicted molar refractivity (Wildman–Crippen MR) is 63.3 cm³/mol. The minimum Gasteiger partial charge on any atom is -0.333 e. The summed E-state index contributed by atoms with van der Waals surface area (Å²) in [4.78, 5) is 15.6. The molecule has 1 fully saturated rings. The number of nitrogens with zero attached hydrogens (tertiary/aromatic N) is 4. The molecule has 0 saturated heterocycles. The van der Waals surface area contributed by atoms with Crippen molar-refractivity contribution in [2.75, 3.05) is 13.1 Å². The molecule has 1 amide bonds. The standard InChI is InChI=1S/C11H19N5O/c1-15-13-8-10(14-15)11(17)16(7-6-12)9-4-2-3-5-9/h8-9H,2-7,12H2,1H3. The molecule has 0 unspecified atom stereocenters. The van der Waals surface area contributed by atoms with Gasteiger partial charge in [0, 0.05) is 26.2 Å². The summed E-state index contributed by atoms with van der Waals surface area (Å²) in [5.41, 5.74) is 5.99. The Labute approximate surface area is 101 Å². The van der Waals surface area contributed by atoms with Crippen molar-refractivity contribution < 1.29 is 4.79 Å². The van der Waals surface area contributed by atoms with Crippen LogP contribution in [0.15, 0.2) is 6.20 Å². The Hall–Kier alpha value is -1.43. The van der Waals surface area contributed by atoms with Crippen molar-refractivity contribution >= 4 is 5.91 Å². The first-order valence-electron chi connectivity index (χ1n) is 6.09. The lowest BCUT2D eigenvalue weighted by Crippen LogP contribution is -2.42. The highest BCUT2D eigenvalue weighted by molar-refractivity contribution is 5.92. The zero-order chi connectivity index (χ0) is 12.3. The van der Waals surface area contributed by atoms with Crippen molar-refractivity contribution in [3.63, 3.8) is 0 Å². The van der Waals surface area contributed by atoms with Crippen molar-refractivity contribution in [1.82, 2.24) is 19.9 Å². The molecule has 0 spiro atoms. The molecule has 1 saturated carbocycles. The van der Waals surface area contributed by atoms with Gasteiger partial charge in [0.1, 0.15) is 0 Å². The molecule has 0 atom stereocenters. The molecule has 17 heavy (non-hydrogen) atoms. The van der Waals surface area contributed by atoms with Gasteiger partial charge in [0.15, 0.2) is 5.69 Å². The van der Waals surface area contributed by atoms with Crippen molar-refractivity contribution in [3.8, 4) is 0 Å². The van der Waals surface area contributed by atoms with Crippen LogP contribution in [0.25, 0.3) is 0 Å². The van der Waals surface area contributed by atoms with Gasteiger partial charge in [-0.25, -0.2) is 0 Å². The lowest BCUT2D eigenvalue weighted by Gasteiger charge is -2.27. The number of carbonyl (C=O) groups is 1. The SMILES string of the molecule is Cn1ncc(C(=O)N(CCN)C2CCCC2)n1. The number of hydrogen-bond donors (Lipinski definition) is 1. The molecule has 0 aromatic carbocycles. The Morgan fingerprint density at radius 2 is 2.29 bits per heavy atom. The van der Waals surface area contributed by atoms with E-state index >= 15 is 0 Å². The van der Waals surface area contributed by atoms with E-state index in [1.807, 2.05) is 4.90 Å². The van der Waals surface area contributed by atoms with Crippen LogP contribution in [0.4, 0.5) is 0 Å². The number of hydrogen-bond acceptors (Lipinski definition) is 4. The summed E-state index contributed by atoms with van der Waals surface area (Å²) in [5, 5.41) is 7.99. The maximum atomic E-state index is 12.3. The van der Waals surface area contributed by atoms with Crippen LogP contribution in [-0.2, 0) is 7.05 Å². The van der Waals surface area contributed by atoms with Crippen LogP contribution in [0, 0.1) is 0 Å². The Bertz CT molecular complexity index is 383. The van der Waals surface area contributed by atoms with Gasteiger partial charge in [-0.1, -0.05) is 12.8 Å².